The molecule has 1 aliphatic heterocycles. The molecule has 0 saturated heterocycles. The maximum absolute atomic E-state index is 12.1. The van der Waals surface area contributed by atoms with Crippen LogP contribution in [0.4, 0.5) is 5.69 Å². The van der Waals surface area contributed by atoms with Gasteiger partial charge in [-0.3, -0.25) is 9.78 Å². The summed E-state index contributed by atoms with van der Waals surface area (Å²) in [7, 11) is 1.77. The van der Waals surface area contributed by atoms with Crippen molar-refractivity contribution in [3.63, 3.8) is 0 Å². The number of pyridine rings is 1. The van der Waals surface area contributed by atoms with Crippen LogP contribution in [0.1, 0.15) is 32.0 Å². The molecule has 2 heterocycles. The topological polar surface area (TPSA) is 42.4 Å². The van der Waals surface area contributed by atoms with Gasteiger partial charge in [0, 0.05) is 7.05 Å². The Morgan fingerprint density at radius 3 is 2.83 bits per heavy atom. The fourth-order valence-electron chi connectivity index (χ4n) is 2.26. The van der Waals surface area contributed by atoms with Crippen LogP contribution < -0.4 is 4.90 Å². The average Bonchev–Trinajstić information content (AvgIpc) is 2.51. The number of hydrogen-bond donors (Lipinski definition) is 0. The Balaban J connectivity index is 2.48. The molecule has 1 aromatic rings. The first-order valence-corrected chi connectivity index (χ1v) is 6.00. The summed E-state index contributed by atoms with van der Waals surface area (Å²) in [6.07, 6.45) is 1.71. The van der Waals surface area contributed by atoms with E-state index in [9.17, 15) is 4.79 Å². The highest BCUT2D eigenvalue weighted by molar-refractivity contribution is 6.07. The van der Waals surface area contributed by atoms with E-state index >= 15 is 0 Å². The predicted octanol–water partition coefficient (Wildman–Crippen LogP) is 2.34. The molecule has 0 spiro atoms. The summed E-state index contributed by atoms with van der Waals surface area (Å²) in [5.41, 5.74) is 2.00. The minimum atomic E-state index is -0.520. The number of ether oxygens (including phenoxy) is 1. The Labute approximate surface area is 107 Å². The number of aromatic nitrogens is 1. The first-order valence-electron chi connectivity index (χ1n) is 6.00. The van der Waals surface area contributed by atoms with Crippen LogP contribution in [0.25, 0.3) is 5.76 Å². The van der Waals surface area contributed by atoms with E-state index in [0.717, 1.165) is 11.3 Å². The molecule has 0 saturated carbocycles. The van der Waals surface area contributed by atoms with E-state index in [1.165, 1.54) is 0 Å². The number of amides is 1. The van der Waals surface area contributed by atoms with E-state index in [0.29, 0.717) is 18.1 Å². The van der Waals surface area contributed by atoms with Crippen LogP contribution in [0, 0.1) is 0 Å². The van der Waals surface area contributed by atoms with Gasteiger partial charge in [0.05, 0.1) is 23.9 Å². The Hall–Kier alpha value is -1.84. The van der Waals surface area contributed by atoms with E-state index in [2.05, 4.69) is 11.6 Å². The van der Waals surface area contributed by atoms with Crippen LogP contribution in [-0.2, 0) is 14.9 Å². The van der Waals surface area contributed by atoms with Crippen molar-refractivity contribution in [1.82, 2.24) is 4.98 Å². The largest absolute Gasteiger partial charge is 0.492 e. The molecule has 96 valence electrons. The van der Waals surface area contributed by atoms with E-state index in [4.69, 9.17) is 4.74 Å². The zero-order valence-electron chi connectivity index (χ0n) is 11.3. The molecule has 0 atom stereocenters. The van der Waals surface area contributed by atoms with Gasteiger partial charge in [-0.25, -0.2) is 0 Å². The van der Waals surface area contributed by atoms with Crippen molar-refractivity contribution in [3.05, 3.63) is 30.1 Å². The van der Waals surface area contributed by atoms with Crippen molar-refractivity contribution in [2.45, 2.75) is 26.2 Å². The molecule has 1 aliphatic rings. The SMILES string of the molecule is C=C(OCC)c1cc2c(cn1)N(C)C(=O)C2(C)C. The summed E-state index contributed by atoms with van der Waals surface area (Å²) in [6, 6.07) is 1.90. The summed E-state index contributed by atoms with van der Waals surface area (Å²) in [4.78, 5) is 18.1. The van der Waals surface area contributed by atoms with Gasteiger partial charge in [0.2, 0.25) is 5.91 Å². The molecular formula is C14H18N2O2. The number of likely N-dealkylation sites (N-methyl/N-ethyl adjacent to an activating group) is 1. The van der Waals surface area contributed by atoms with Crippen LogP contribution in [-0.4, -0.2) is 24.5 Å². The lowest BCUT2D eigenvalue weighted by molar-refractivity contribution is -0.121. The first kappa shape index (κ1) is 12.6. The van der Waals surface area contributed by atoms with Gasteiger partial charge in [-0.15, -0.1) is 0 Å². The molecule has 4 nitrogen and oxygen atoms in total. The van der Waals surface area contributed by atoms with Crippen molar-refractivity contribution in [2.24, 2.45) is 0 Å². The summed E-state index contributed by atoms with van der Waals surface area (Å²) < 4.78 is 5.35. The lowest BCUT2D eigenvalue weighted by Crippen LogP contribution is -2.33. The van der Waals surface area contributed by atoms with Crippen molar-refractivity contribution in [3.8, 4) is 0 Å². The second kappa shape index (κ2) is 4.12. The maximum Gasteiger partial charge on any atom is 0.236 e. The summed E-state index contributed by atoms with van der Waals surface area (Å²) >= 11 is 0. The van der Waals surface area contributed by atoms with Crippen LogP contribution >= 0.6 is 0 Å². The second-order valence-electron chi connectivity index (χ2n) is 4.93. The third-order valence-electron chi connectivity index (χ3n) is 3.36. The lowest BCUT2D eigenvalue weighted by atomic mass is 9.86. The third kappa shape index (κ3) is 1.68. The van der Waals surface area contributed by atoms with Crippen molar-refractivity contribution >= 4 is 17.4 Å². The van der Waals surface area contributed by atoms with Crippen molar-refractivity contribution in [1.29, 1.82) is 0 Å². The van der Waals surface area contributed by atoms with Gasteiger partial charge in [0.1, 0.15) is 11.5 Å². The fraction of sp³-hybridized carbons (Fsp3) is 0.429. The summed E-state index contributed by atoms with van der Waals surface area (Å²) in [6.45, 7) is 10.1. The molecule has 0 bridgehead atoms. The van der Waals surface area contributed by atoms with Crippen molar-refractivity contribution in [2.75, 3.05) is 18.6 Å². The molecule has 18 heavy (non-hydrogen) atoms. The number of nitrogens with zero attached hydrogens (tertiary/aromatic N) is 2. The highest BCUT2D eigenvalue weighted by Gasteiger charge is 2.42. The molecule has 1 amide bonds. The third-order valence-corrected chi connectivity index (χ3v) is 3.36. The standard InChI is InChI=1S/C14H18N2O2/c1-6-18-9(2)11-7-10-12(8-15-11)16(5)13(17)14(10,3)4/h7-8H,2,6H2,1,3-5H3. The van der Waals surface area contributed by atoms with Crippen molar-refractivity contribution < 1.29 is 9.53 Å². The van der Waals surface area contributed by atoms with Gasteiger partial charge in [-0.1, -0.05) is 6.58 Å². The Kier molecular flexibility index (Phi) is 2.89. The van der Waals surface area contributed by atoms with Crippen LogP contribution in [0.15, 0.2) is 18.8 Å². The van der Waals surface area contributed by atoms with Gasteiger partial charge in [0.25, 0.3) is 0 Å². The van der Waals surface area contributed by atoms with E-state index in [1.807, 2.05) is 26.8 Å². The zero-order chi connectivity index (χ0) is 13.5. The van der Waals surface area contributed by atoms with E-state index in [1.54, 1.807) is 18.1 Å². The van der Waals surface area contributed by atoms with Gasteiger partial charge >= 0.3 is 0 Å². The Morgan fingerprint density at radius 2 is 2.22 bits per heavy atom. The quantitative estimate of drug-likeness (QED) is 0.769. The molecule has 2 rings (SSSR count). The highest BCUT2D eigenvalue weighted by Crippen LogP contribution is 2.40. The zero-order valence-corrected chi connectivity index (χ0v) is 11.3. The Bertz CT molecular complexity index is 521. The monoisotopic (exact) mass is 246 g/mol. The van der Waals surface area contributed by atoms with Crippen LogP contribution in [0.5, 0.6) is 0 Å². The average molecular weight is 246 g/mol. The molecular weight excluding hydrogens is 228 g/mol. The molecule has 0 aliphatic carbocycles. The molecule has 0 N–H and O–H groups in total. The first-order chi connectivity index (χ1) is 8.39. The number of fused-ring (bicyclic) bond motifs is 1. The minimum absolute atomic E-state index is 0.0819. The molecule has 0 unspecified atom stereocenters. The van der Waals surface area contributed by atoms with E-state index in [-0.39, 0.29) is 5.91 Å². The van der Waals surface area contributed by atoms with Gasteiger partial charge < -0.3 is 9.64 Å². The lowest BCUT2D eigenvalue weighted by Gasteiger charge is -2.16. The summed E-state index contributed by atoms with van der Waals surface area (Å²) in [5.74, 6) is 0.622. The predicted molar refractivity (Wildman–Crippen MR) is 71.3 cm³/mol. The van der Waals surface area contributed by atoms with Gasteiger partial charge in [0.15, 0.2) is 0 Å². The number of anilines is 1. The number of carbonyl (C=O) groups excluding carboxylic acids is 1. The second-order valence-corrected chi connectivity index (χ2v) is 4.93. The van der Waals surface area contributed by atoms with Crippen LogP contribution in [0.2, 0.25) is 0 Å². The highest BCUT2D eigenvalue weighted by atomic mass is 16.5. The number of rotatable bonds is 3. The number of carbonyl (C=O) groups is 1. The molecule has 1 aromatic heterocycles. The normalized spacial score (nSPS) is 16.7. The molecule has 0 aromatic carbocycles. The summed E-state index contributed by atoms with van der Waals surface area (Å²) in [5, 5.41) is 0. The fourth-order valence-corrected chi connectivity index (χ4v) is 2.26. The molecule has 4 heteroatoms. The maximum atomic E-state index is 12.1. The number of hydrogen-bond acceptors (Lipinski definition) is 3. The van der Waals surface area contributed by atoms with Crippen LogP contribution in [0.3, 0.4) is 0 Å². The van der Waals surface area contributed by atoms with E-state index < -0.39 is 5.41 Å². The van der Waals surface area contributed by atoms with Gasteiger partial charge in [-0.05, 0) is 32.4 Å². The Morgan fingerprint density at radius 1 is 1.56 bits per heavy atom. The molecule has 0 fully saturated rings. The minimum Gasteiger partial charge on any atom is -0.492 e. The van der Waals surface area contributed by atoms with Gasteiger partial charge in [-0.2, -0.15) is 0 Å². The smallest absolute Gasteiger partial charge is 0.236 e. The molecule has 0 radical (unpaired) electrons.